The van der Waals surface area contributed by atoms with Gasteiger partial charge in [0.25, 0.3) is 0 Å². The number of nitrogens with one attached hydrogen (secondary N) is 1. The topological polar surface area (TPSA) is 12.0 Å². The molecule has 0 amide bonds. The van der Waals surface area contributed by atoms with E-state index in [0.29, 0.717) is 6.04 Å². The highest BCUT2D eigenvalue weighted by atomic mass is 32.2. The lowest BCUT2D eigenvalue weighted by Gasteiger charge is -2.36. The Bertz CT molecular complexity index is 218. The van der Waals surface area contributed by atoms with Crippen molar-refractivity contribution in [3.8, 4) is 0 Å². The van der Waals surface area contributed by atoms with Crippen molar-refractivity contribution >= 4 is 23.5 Å². The van der Waals surface area contributed by atoms with Crippen LogP contribution >= 0.6 is 23.5 Å². The van der Waals surface area contributed by atoms with Crippen molar-refractivity contribution in [2.24, 2.45) is 0 Å². The molecule has 0 spiro atoms. The van der Waals surface area contributed by atoms with Crippen LogP contribution in [0.25, 0.3) is 0 Å². The van der Waals surface area contributed by atoms with Crippen LogP contribution in [0.2, 0.25) is 0 Å². The number of rotatable bonds is 6. The molecule has 0 aromatic heterocycles. The molecule has 94 valence electrons. The van der Waals surface area contributed by atoms with Crippen LogP contribution in [0, 0.1) is 0 Å². The minimum absolute atomic E-state index is 0.616. The molecule has 3 atom stereocenters. The van der Waals surface area contributed by atoms with E-state index >= 15 is 0 Å². The lowest BCUT2D eigenvalue weighted by atomic mass is 10.0. The molecule has 3 heteroatoms. The summed E-state index contributed by atoms with van der Waals surface area (Å²) < 4.78 is 0. The molecular formula is C13H25NS2. The first-order valence-corrected chi connectivity index (χ1v) is 8.39. The maximum Gasteiger partial charge on any atom is 0.0323 e. The molecule has 16 heavy (non-hydrogen) atoms. The Kier molecular flexibility index (Phi) is 6.94. The lowest BCUT2D eigenvalue weighted by Crippen LogP contribution is -2.45. The van der Waals surface area contributed by atoms with E-state index in [4.69, 9.17) is 0 Å². The van der Waals surface area contributed by atoms with Gasteiger partial charge in [-0.1, -0.05) is 19.4 Å². The van der Waals surface area contributed by atoms with Gasteiger partial charge in [-0.15, -0.1) is 6.58 Å². The van der Waals surface area contributed by atoms with Gasteiger partial charge in [-0.05, 0) is 26.3 Å². The Morgan fingerprint density at radius 1 is 1.38 bits per heavy atom. The smallest absolute Gasteiger partial charge is 0.0323 e. The van der Waals surface area contributed by atoms with E-state index < -0.39 is 0 Å². The van der Waals surface area contributed by atoms with Crippen LogP contribution in [0.4, 0.5) is 0 Å². The molecule has 0 radical (unpaired) electrons. The Morgan fingerprint density at radius 3 is 2.62 bits per heavy atom. The Morgan fingerprint density at radius 2 is 2.06 bits per heavy atom. The number of thioether (sulfide) groups is 2. The first-order chi connectivity index (χ1) is 7.69. The summed E-state index contributed by atoms with van der Waals surface area (Å²) in [6.07, 6.45) is 2.42. The zero-order chi connectivity index (χ0) is 12.0. The second kappa shape index (κ2) is 7.67. The van der Waals surface area contributed by atoms with Crippen molar-refractivity contribution in [1.82, 2.24) is 5.32 Å². The maximum atomic E-state index is 4.07. The molecule has 0 bridgehead atoms. The summed E-state index contributed by atoms with van der Waals surface area (Å²) in [7, 11) is 0. The molecule has 0 aromatic carbocycles. The predicted octanol–water partition coefficient (Wildman–Crippen LogP) is 3.56. The van der Waals surface area contributed by atoms with E-state index in [9.17, 15) is 0 Å². The highest BCUT2D eigenvalue weighted by molar-refractivity contribution is 8.07. The van der Waals surface area contributed by atoms with Crippen molar-refractivity contribution in [3.05, 3.63) is 12.2 Å². The molecule has 1 nitrogen and oxygen atoms in total. The summed E-state index contributed by atoms with van der Waals surface area (Å²) in [5.74, 6) is 2.63. The second-order valence-corrected chi connectivity index (χ2v) is 7.11. The molecule has 1 heterocycles. The Labute approximate surface area is 109 Å². The van der Waals surface area contributed by atoms with E-state index in [1.54, 1.807) is 0 Å². The van der Waals surface area contributed by atoms with Crippen LogP contribution < -0.4 is 5.32 Å². The van der Waals surface area contributed by atoms with Crippen LogP contribution in [0.1, 0.15) is 33.6 Å². The summed E-state index contributed by atoms with van der Waals surface area (Å²) >= 11 is 4.32. The molecule has 0 aliphatic carbocycles. The van der Waals surface area contributed by atoms with Crippen LogP contribution in [-0.4, -0.2) is 34.6 Å². The molecule has 0 saturated carbocycles. The van der Waals surface area contributed by atoms with Crippen molar-refractivity contribution in [3.63, 3.8) is 0 Å². The highest BCUT2D eigenvalue weighted by Crippen LogP contribution is 2.36. The van der Waals surface area contributed by atoms with Crippen molar-refractivity contribution < 1.29 is 0 Å². The zero-order valence-corrected chi connectivity index (χ0v) is 12.4. The van der Waals surface area contributed by atoms with E-state index in [1.165, 1.54) is 23.5 Å². The van der Waals surface area contributed by atoms with Gasteiger partial charge in [-0.3, -0.25) is 0 Å². The fourth-order valence-corrected chi connectivity index (χ4v) is 5.52. The molecule has 1 saturated heterocycles. The molecule has 1 N–H and O–H groups in total. The first-order valence-electron chi connectivity index (χ1n) is 6.30. The highest BCUT2D eigenvalue weighted by Gasteiger charge is 2.31. The predicted molar refractivity (Wildman–Crippen MR) is 79.7 cm³/mol. The third-order valence-corrected chi connectivity index (χ3v) is 6.33. The normalized spacial score (nSPS) is 27.7. The van der Waals surface area contributed by atoms with Gasteiger partial charge in [-0.25, -0.2) is 0 Å². The lowest BCUT2D eigenvalue weighted by molar-refractivity contribution is 0.489. The molecule has 1 fully saturated rings. The molecule has 1 aliphatic heterocycles. The minimum Gasteiger partial charge on any atom is -0.313 e. The third-order valence-electron chi connectivity index (χ3n) is 2.93. The Hall–Kier alpha value is 0.400. The number of hydrogen-bond donors (Lipinski definition) is 1. The van der Waals surface area contributed by atoms with E-state index in [1.807, 2.05) is 0 Å². The minimum atomic E-state index is 0.616. The van der Waals surface area contributed by atoms with Gasteiger partial charge in [0.05, 0.1) is 0 Å². The standard InChI is InChI=1S/C13H25NS2/c1-5-12-13(16-8-7-15-12)11(14-6-2)9-10(3)4/h11-14H,3,5-9H2,1-2,4H3. The SMILES string of the molecule is C=C(C)CC(NCC)C1SCCSC1CC. The summed E-state index contributed by atoms with van der Waals surface area (Å²) in [4.78, 5) is 0. The zero-order valence-electron chi connectivity index (χ0n) is 10.8. The van der Waals surface area contributed by atoms with E-state index in [-0.39, 0.29) is 0 Å². The molecule has 1 rings (SSSR count). The van der Waals surface area contributed by atoms with Crippen LogP contribution in [0.3, 0.4) is 0 Å². The van der Waals surface area contributed by atoms with Crippen molar-refractivity contribution in [1.29, 1.82) is 0 Å². The summed E-state index contributed by atoms with van der Waals surface area (Å²) in [5, 5.41) is 5.24. The Balaban J connectivity index is 2.61. The van der Waals surface area contributed by atoms with Gasteiger partial charge in [0.15, 0.2) is 0 Å². The first kappa shape index (κ1) is 14.5. The van der Waals surface area contributed by atoms with Crippen LogP contribution in [0.5, 0.6) is 0 Å². The van der Waals surface area contributed by atoms with E-state index in [2.05, 4.69) is 56.2 Å². The second-order valence-electron chi connectivity index (χ2n) is 4.48. The average Bonchev–Trinajstić information content (AvgIpc) is 2.28. The van der Waals surface area contributed by atoms with Gasteiger partial charge in [0.1, 0.15) is 0 Å². The van der Waals surface area contributed by atoms with Crippen molar-refractivity contribution in [2.45, 2.75) is 50.2 Å². The fourth-order valence-electron chi connectivity index (χ4n) is 2.25. The molecule has 3 unspecified atom stereocenters. The largest absolute Gasteiger partial charge is 0.313 e. The molecule has 0 aromatic rings. The number of hydrogen-bond acceptors (Lipinski definition) is 3. The van der Waals surface area contributed by atoms with Gasteiger partial charge in [0.2, 0.25) is 0 Å². The van der Waals surface area contributed by atoms with Gasteiger partial charge >= 0.3 is 0 Å². The summed E-state index contributed by atoms with van der Waals surface area (Å²) in [6.45, 7) is 11.8. The maximum absolute atomic E-state index is 4.07. The van der Waals surface area contributed by atoms with E-state index in [0.717, 1.165) is 23.5 Å². The van der Waals surface area contributed by atoms with Gasteiger partial charge in [0, 0.05) is 28.0 Å². The summed E-state index contributed by atoms with van der Waals surface area (Å²) in [5.41, 5.74) is 1.30. The quantitative estimate of drug-likeness (QED) is 0.733. The summed E-state index contributed by atoms with van der Waals surface area (Å²) in [6, 6.07) is 0.616. The molecule has 1 aliphatic rings. The third kappa shape index (κ3) is 4.34. The van der Waals surface area contributed by atoms with Gasteiger partial charge in [-0.2, -0.15) is 23.5 Å². The van der Waals surface area contributed by atoms with Crippen molar-refractivity contribution in [2.75, 3.05) is 18.1 Å². The van der Waals surface area contributed by atoms with Gasteiger partial charge < -0.3 is 5.32 Å². The van der Waals surface area contributed by atoms with Crippen LogP contribution in [0.15, 0.2) is 12.2 Å². The monoisotopic (exact) mass is 259 g/mol. The van der Waals surface area contributed by atoms with Crippen LogP contribution in [-0.2, 0) is 0 Å². The average molecular weight is 259 g/mol. The molecular weight excluding hydrogens is 234 g/mol. The fraction of sp³-hybridized carbons (Fsp3) is 0.846.